The van der Waals surface area contributed by atoms with Crippen molar-refractivity contribution in [3.05, 3.63) is 0 Å². The Morgan fingerprint density at radius 3 is 2.43 bits per heavy atom. The van der Waals surface area contributed by atoms with Gasteiger partial charge in [-0.05, 0) is 6.42 Å². The lowest BCUT2D eigenvalue weighted by molar-refractivity contribution is 0.301. The van der Waals surface area contributed by atoms with Gasteiger partial charge in [-0.15, -0.1) is 0 Å². The van der Waals surface area contributed by atoms with E-state index >= 15 is 0 Å². The molecule has 0 aliphatic rings. The summed E-state index contributed by atoms with van der Waals surface area (Å²) < 4.78 is 36.8. The summed E-state index contributed by atoms with van der Waals surface area (Å²) in [6, 6.07) is 0.928. The number of rotatable bonds is 8. The van der Waals surface area contributed by atoms with Crippen LogP contribution in [0.25, 0.3) is 0 Å². The fraction of sp³-hybridized carbons (Fsp3) is 1.00. The van der Waals surface area contributed by atoms with Crippen molar-refractivity contribution in [2.45, 2.75) is 32.0 Å². The van der Waals surface area contributed by atoms with Crippen molar-refractivity contribution < 1.29 is 17.8 Å². The third kappa shape index (κ3) is 5.73. The predicted molar refractivity (Wildman–Crippen MR) is 59.6 cm³/mol. The first-order valence-electron chi connectivity index (χ1n) is 4.59. The van der Waals surface area contributed by atoms with E-state index < -0.39 is 33.9 Å². The molecule has 0 saturated heterocycles. The van der Waals surface area contributed by atoms with Crippen molar-refractivity contribution in [1.82, 2.24) is 0 Å². The molecule has 0 atom stereocenters. The van der Waals surface area contributed by atoms with Gasteiger partial charge in [0, 0.05) is 0 Å². The van der Waals surface area contributed by atoms with E-state index in [4.69, 9.17) is 4.43 Å². The lowest BCUT2D eigenvalue weighted by Crippen LogP contribution is -2.41. The van der Waals surface area contributed by atoms with Gasteiger partial charge >= 0.3 is 26.3 Å². The zero-order valence-corrected chi connectivity index (χ0v) is 12.9. The van der Waals surface area contributed by atoms with Gasteiger partial charge in [-0.2, -0.15) is 0 Å². The zero-order valence-electron chi connectivity index (χ0n) is 8.62. The minimum atomic E-state index is -1.78. The Bertz CT molecular complexity index is 218. The van der Waals surface area contributed by atoms with Crippen LogP contribution in [0.4, 0.5) is 0 Å². The Hall–Kier alpha value is 0.0675. The van der Waals surface area contributed by atoms with Crippen LogP contribution < -0.4 is 0 Å². The molecule has 0 fully saturated rings. The van der Waals surface area contributed by atoms with Crippen LogP contribution in [0.5, 0.6) is 0 Å². The van der Waals surface area contributed by atoms with E-state index in [1.165, 1.54) is 0 Å². The van der Waals surface area contributed by atoms with Crippen LogP contribution in [0.1, 0.15) is 12.8 Å². The molecule has 0 spiro atoms. The summed E-state index contributed by atoms with van der Waals surface area (Å²) >= 11 is 0. The molecule has 80 valence electrons. The maximum absolute atomic E-state index is 11.4. The highest BCUT2D eigenvalue weighted by Crippen LogP contribution is 2.12. The number of hydrogen-bond acceptors (Lipinski definition) is 4. The fourth-order valence-electron chi connectivity index (χ4n) is 1.08. The van der Waals surface area contributed by atoms with Gasteiger partial charge in [-0.3, -0.25) is 0 Å². The Morgan fingerprint density at radius 2 is 1.93 bits per heavy atom. The normalized spacial score (nSPS) is 10.7. The Kier molecular flexibility index (Phi) is 7.41. The number of hydrogen-bond donors (Lipinski definition) is 0. The molecule has 8 heteroatoms. The molecule has 0 aromatic carbocycles. The Morgan fingerprint density at radius 1 is 1.29 bits per heavy atom. The van der Waals surface area contributed by atoms with Crippen LogP contribution in [-0.2, 0) is 17.8 Å². The lowest BCUT2D eigenvalue weighted by Gasteiger charge is -2.15. The van der Waals surface area contributed by atoms with E-state index in [-0.39, 0.29) is 0 Å². The lowest BCUT2D eigenvalue weighted by atomic mass is 10.4. The molecule has 0 rings (SSSR count). The van der Waals surface area contributed by atoms with Crippen molar-refractivity contribution in [3.8, 4) is 0 Å². The Balaban J connectivity index is 3.70. The molecule has 0 aromatic rings. The molecule has 4 nitrogen and oxygen atoms in total. The summed E-state index contributed by atoms with van der Waals surface area (Å²) in [4.78, 5) is 0. The summed E-state index contributed by atoms with van der Waals surface area (Å²) in [5, 5.41) is 0. The summed E-state index contributed by atoms with van der Waals surface area (Å²) in [6.07, 6.45) is 1.80. The predicted octanol–water partition coefficient (Wildman–Crippen LogP) is -0.0323. The minimum Gasteiger partial charge on any atom is -0.526 e. The second-order valence-corrected chi connectivity index (χ2v) is 19.1. The molecule has 0 N–H and O–H groups in total. The van der Waals surface area contributed by atoms with Gasteiger partial charge < -0.3 is 17.8 Å². The molecular weight excluding hydrogens is 248 g/mol. The molecular formula is C6H16O4Si4. The van der Waals surface area contributed by atoms with Gasteiger partial charge in [-0.1, -0.05) is 25.6 Å². The van der Waals surface area contributed by atoms with Gasteiger partial charge in [0.05, 0.1) is 6.61 Å². The monoisotopic (exact) mass is 264 g/mol. The number of unbranched alkanes of at least 4 members (excludes halogenated alkanes) is 1. The van der Waals surface area contributed by atoms with Crippen molar-refractivity contribution in [3.63, 3.8) is 0 Å². The minimum absolute atomic E-state index is 0.522. The molecule has 0 saturated carbocycles. The molecule has 0 aliphatic carbocycles. The maximum Gasteiger partial charge on any atom is 0.487 e. The van der Waals surface area contributed by atoms with Gasteiger partial charge in [0.15, 0.2) is 0 Å². The van der Waals surface area contributed by atoms with Crippen molar-refractivity contribution in [2.24, 2.45) is 0 Å². The summed E-state index contributed by atoms with van der Waals surface area (Å²) in [5.41, 5.74) is 0. The van der Waals surface area contributed by atoms with Crippen LogP contribution >= 0.6 is 0 Å². The first-order chi connectivity index (χ1) is 6.54. The van der Waals surface area contributed by atoms with Crippen molar-refractivity contribution in [1.29, 1.82) is 0 Å². The van der Waals surface area contributed by atoms with Crippen LogP contribution in [0.3, 0.4) is 0 Å². The van der Waals surface area contributed by atoms with Crippen molar-refractivity contribution >= 4 is 33.9 Å². The van der Waals surface area contributed by atoms with E-state index in [2.05, 4.69) is 0 Å². The molecule has 0 heterocycles. The van der Waals surface area contributed by atoms with E-state index in [0.717, 1.165) is 18.9 Å². The molecule has 0 aliphatic heterocycles. The van der Waals surface area contributed by atoms with Crippen LogP contribution in [0.15, 0.2) is 0 Å². The largest absolute Gasteiger partial charge is 0.526 e. The SMILES string of the molecule is C[Si](C)(CCCCO[SiH]=O)[Si](=O)[SiH]=O. The highest BCUT2D eigenvalue weighted by Gasteiger charge is 2.31. The molecule has 0 bridgehead atoms. The molecule has 0 unspecified atom stereocenters. The maximum atomic E-state index is 11.4. The first-order valence-corrected chi connectivity index (χ1v) is 13.4. The quantitative estimate of drug-likeness (QED) is 0.456. The molecule has 0 aromatic heterocycles. The van der Waals surface area contributed by atoms with E-state index in [1.54, 1.807) is 0 Å². The third-order valence-corrected chi connectivity index (χ3v) is 19.2. The average molecular weight is 265 g/mol. The zero-order chi connectivity index (χ0) is 11.0. The molecule has 0 radical (unpaired) electrons. The van der Waals surface area contributed by atoms with Crippen LogP contribution in [-0.4, -0.2) is 40.5 Å². The first kappa shape index (κ1) is 14.1. The van der Waals surface area contributed by atoms with Gasteiger partial charge in [0.1, 0.15) is 7.59 Å². The van der Waals surface area contributed by atoms with Crippen LogP contribution in [0.2, 0.25) is 19.1 Å². The smallest absolute Gasteiger partial charge is 0.487 e. The van der Waals surface area contributed by atoms with Crippen LogP contribution in [0, 0.1) is 0 Å². The second-order valence-electron chi connectivity index (χ2n) is 3.79. The highest BCUT2D eigenvalue weighted by molar-refractivity contribution is 7.43. The summed E-state index contributed by atoms with van der Waals surface area (Å²) in [5.74, 6) is 0. The van der Waals surface area contributed by atoms with E-state index in [1.807, 2.05) is 13.1 Å². The van der Waals surface area contributed by atoms with E-state index in [9.17, 15) is 13.4 Å². The van der Waals surface area contributed by atoms with Crippen molar-refractivity contribution in [2.75, 3.05) is 6.61 Å². The average Bonchev–Trinajstić information content (AvgIpc) is 2.16. The standard InChI is InChI=1S/C6H16O4Si4/c1-14(2,13(9)12-8)6-4-3-5-10-11-7/h11-12H,3-6H2,1-2H3. The van der Waals surface area contributed by atoms with Gasteiger partial charge in [0.2, 0.25) is 0 Å². The molecule has 14 heavy (non-hydrogen) atoms. The third-order valence-electron chi connectivity index (χ3n) is 2.16. The summed E-state index contributed by atoms with van der Waals surface area (Å²) in [7, 11) is -5.68. The van der Waals surface area contributed by atoms with Gasteiger partial charge in [-0.25, -0.2) is 0 Å². The molecule has 0 amide bonds. The topological polar surface area (TPSA) is 60.4 Å². The second kappa shape index (κ2) is 7.37. The van der Waals surface area contributed by atoms with Gasteiger partial charge in [0.25, 0.3) is 0 Å². The van der Waals surface area contributed by atoms with E-state index in [0.29, 0.717) is 6.61 Å². The fourth-order valence-corrected chi connectivity index (χ4v) is 9.44. The highest BCUT2D eigenvalue weighted by atomic mass is 29.6. The Labute approximate surface area is 90.6 Å². The summed E-state index contributed by atoms with van der Waals surface area (Å²) in [6.45, 7) is 4.58.